The average Bonchev–Trinajstić information content (AvgIpc) is 2.96. The van der Waals surface area contributed by atoms with Crippen LogP contribution in [0.5, 0.6) is 0 Å². The number of aromatic nitrogens is 1. The summed E-state index contributed by atoms with van der Waals surface area (Å²) in [4.78, 5) is 15.4. The van der Waals surface area contributed by atoms with Gasteiger partial charge < -0.3 is 9.47 Å². The average molecular weight is 320 g/mol. The molecule has 1 atom stereocenters. The smallest absolute Gasteiger partial charge is 0.358 e. The number of esters is 1. The van der Waals surface area contributed by atoms with Gasteiger partial charge in [-0.1, -0.05) is 6.92 Å². The first-order chi connectivity index (χ1) is 9.50. The summed E-state index contributed by atoms with van der Waals surface area (Å²) in [6.45, 7) is 2.85. The van der Waals surface area contributed by atoms with Crippen molar-refractivity contribution in [1.82, 2.24) is 9.29 Å². The molecule has 0 bridgehead atoms. The van der Waals surface area contributed by atoms with Gasteiger partial charge in [-0.25, -0.2) is 18.2 Å². The fraction of sp³-hybridized carbons (Fsp3) is 0.636. The second-order valence-electron chi connectivity index (χ2n) is 4.24. The van der Waals surface area contributed by atoms with Crippen LogP contribution in [0.4, 0.5) is 0 Å². The van der Waals surface area contributed by atoms with Crippen molar-refractivity contribution < 1.29 is 22.7 Å². The van der Waals surface area contributed by atoms with Crippen molar-refractivity contribution in [3.63, 3.8) is 0 Å². The van der Waals surface area contributed by atoms with Crippen molar-refractivity contribution in [2.24, 2.45) is 0 Å². The zero-order chi connectivity index (χ0) is 14.8. The number of methoxy groups -OCH3 is 1. The van der Waals surface area contributed by atoms with Crippen LogP contribution in [0.25, 0.3) is 0 Å². The summed E-state index contributed by atoms with van der Waals surface area (Å²) >= 11 is 0.920. The number of ether oxygens (including phenoxy) is 2. The molecule has 1 aliphatic rings. The number of carbonyl (C=O) groups excluding carboxylic acids is 1. The van der Waals surface area contributed by atoms with E-state index in [1.54, 1.807) is 0 Å². The molecule has 7 nitrogen and oxygen atoms in total. The summed E-state index contributed by atoms with van der Waals surface area (Å²) in [6.07, 6.45) is 0.617. The molecule has 0 aromatic carbocycles. The molecule has 1 saturated heterocycles. The molecule has 1 aliphatic heterocycles. The Morgan fingerprint density at radius 1 is 1.65 bits per heavy atom. The second-order valence-corrected chi connectivity index (χ2v) is 7.23. The van der Waals surface area contributed by atoms with Crippen molar-refractivity contribution in [3.05, 3.63) is 11.2 Å². The third-order valence-corrected chi connectivity index (χ3v) is 6.26. The Labute approximate surface area is 121 Å². The van der Waals surface area contributed by atoms with Crippen LogP contribution in [0.15, 0.2) is 9.72 Å². The van der Waals surface area contributed by atoms with E-state index < -0.39 is 16.0 Å². The number of thiazole rings is 1. The molecule has 0 amide bonds. The van der Waals surface area contributed by atoms with Gasteiger partial charge in [0.05, 0.1) is 25.3 Å². The van der Waals surface area contributed by atoms with Crippen LogP contribution < -0.4 is 0 Å². The summed E-state index contributed by atoms with van der Waals surface area (Å²) in [5, 5.41) is 0. The van der Waals surface area contributed by atoms with Crippen molar-refractivity contribution in [2.75, 3.05) is 26.8 Å². The quantitative estimate of drug-likeness (QED) is 0.760. The third-order valence-electron chi connectivity index (χ3n) is 3.04. The molecule has 20 heavy (non-hydrogen) atoms. The SMILES string of the molecule is CCC1CN(S(=O)(=O)c2scnc2C(=O)OC)CCO1. The Balaban J connectivity index is 2.31. The number of carbonyl (C=O) groups is 1. The first-order valence-electron chi connectivity index (χ1n) is 6.14. The normalized spacial score (nSPS) is 20.8. The maximum Gasteiger partial charge on any atom is 0.358 e. The van der Waals surface area contributed by atoms with E-state index in [9.17, 15) is 13.2 Å². The lowest BCUT2D eigenvalue weighted by atomic mass is 10.2. The summed E-state index contributed by atoms with van der Waals surface area (Å²) in [7, 11) is -2.54. The molecule has 1 aromatic rings. The first-order valence-corrected chi connectivity index (χ1v) is 8.46. The highest BCUT2D eigenvalue weighted by Gasteiger charge is 2.35. The van der Waals surface area contributed by atoms with Gasteiger partial charge in [-0.15, -0.1) is 11.3 Å². The summed E-state index contributed by atoms with van der Waals surface area (Å²) in [6, 6.07) is 0. The minimum absolute atomic E-state index is 0.0684. The number of hydrogen-bond donors (Lipinski definition) is 0. The van der Waals surface area contributed by atoms with E-state index in [4.69, 9.17) is 4.74 Å². The van der Waals surface area contributed by atoms with E-state index >= 15 is 0 Å². The van der Waals surface area contributed by atoms with Gasteiger partial charge in [0.1, 0.15) is 0 Å². The van der Waals surface area contributed by atoms with E-state index in [1.807, 2.05) is 6.92 Å². The molecule has 1 fully saturated rings. The Morgan fingerprint density at radius 3 is 3.05 bits per heavy atom. The Hall–Kier alpha value is -1.03. The highest BCUT2D eigenvalue weighted by molar-refractivity contribution is 7.91. The predicted molar refractivity (Wildman–Crippen MR) is 72.2 cm³/mol. The van der Waals surface area contributed by atoms with Crippen LogP contribution in [0, 0.1) is 0 Å². The van der Waals surface area contributed by atoms with Gasteiger partial charge in [-0.3, -0.25) is 0 Å². The molecule has 1 unspecified atom stereocenters. The Bertz CT molecular complexity index is 583. The Kier molecular flexibility index (Phi) is 4.74. The number of morpholine rings is 1. The molecule has 112 valence electrons. The fourth-order valence-corrected chi connectivity index (χ4v) is 4.65. The monoisotopic (exact) mass is 320 g/mol. The number of hydrogen-bond acceptors (Lipinski definition) is 7. The minimum Gasteiger partial charge on any atom is -0.464 e. The lowest BCUT2D eigenvalue weighted by Gasteiger charge is -2.31. The first kappa shape index (κ1) is 15.4. The second kappa shape index (κ2) is 6.17. The van der Waals surface area contributed by atoms with Crippen LogP contribution in [0.1, 0.15) is 23.8 Å². The maximum absolute atomic E-state index is 12.6. The molecule has 0 saturated carbocycles. The van der Waals surface area contributed by atoms with Crippen LogP contribution >= 0.6 is 11.3 Å². The molecule has 9 heteroatoms. The molecule has 1 aromatic heterocycles. The van der Waals surface area contributed by atoms with Crippen LogP contribution in [0.2, 0.25) is 0 Å². The topological polar surface area (TPSA) is 85.8 Å². The lowest BCUT2D eigenvalue weighted by Crippen LogP contribution is -2.45. The molecule has 0 radical (unpaired) electrons. The fourth-order valence-electron chi connectivity index (χ4n) is 1.93. The van der Waals surface area contributed by atoms with Gasteiger partial charge in [0.25, 0.3) is 10.0 Å². The van der Waals surface area contributed by atoms with E-state index in [0.29, 0.717) is 6.61 Å². The van der Waals surface area contributed by atoms with Gasteiger partial charge in [0.2, 0.25) is 0 Å². The zero-order valence-corrected chi connectivity index (χ0v) is 12.9. The highest BCUT2D eigenvalue weighted by Crippen LogP contribution is 2.26. The molecule has 0 aliphatic carbocycles. The van der Waals surface area contributed by atoms with E-state index in [2.05, 4.69) is 9.72 Å². The lowest BCUT2D eigenvalue weighted by molar-refractivity contribution is -0.00274. The number of rotatable bonds is 4. The van der Waals surface area contributed by atoms with E-state index in [-0.39, 0.29) is 29.1 Å². The van der Waals surface area contributed by atoms with Gasteiger partial charge >= 0.3 is 5.97 Å². The van der Waals surface area contributed by atoms with E-state index in [1.165, 1.54) is 16.9 Å². The van der Waals surface area contributed by atoms with E-state index in [0.717, 1.165) is 17.8 Å². The van der Waals surface area contributed by atoms with Crippen LogP contribution in [-0.2, 0) is 19.5 Å². The zero-order valence-electron chi connectivity index (χ0n) is 11.2. The largest absolute Gasteiger partial charge is 0.464 e. The summed E-state index contributed by atoms with van der Waals surface area (Å²) in [5.74, 6) is -0.745. The summed E-state index contributed by atoms with van der Waals surface area (Å²) < 4.78 is 36.5. The van der Waals surface area contributed by atoms with Gasteiger partial charge in [0.15, 0.2) is 9.90 Å². The molecular formula is C11H16N2O5S2. The van der Waals surface area contributed by atoms with Crippen molar-refractivity contribution in [2.45, 2.75) is 23.7 Å². The highest BCUT2D eigenvalue weighted by atomic mass is 32.2. The van der Waals surface area contributed by atoms with Gasteiger partial charge in [-0.05, 0) is 6.42 Å². The third kappa shape index (κ3) is 2.85. The molecule has 0 N–H and O–H groups in total. The maximum atomic E-state index is 12.6. The van der Waals surface area contributed by atoms with Gasteiger partial charge in [-0.2, -0.15) is 4.31 Å². The predicted octanol–water partition coefficient (Wildman–Crippen LogP) is 0.729. The number of sulfonamides is 1. The minimum atomic E-state index is -3.74. The van der Waals surface area contributed by atoms with Crippen LogP contribution in [-0.4, -0.2) is 56.6 Å². The molecular weight excluding hydrogens is 304 g/mol. The van der Waals surface area contributed by atoms with Gasteiger partial charge in [0, 0.05) is 13.1 Å². The van der Waals surface area contributed by atoms with Crippen molar-refractivity contribution >= 4 is 27.3 Å². The van der Waals surface area contributed by atoms with Crippen LogP contribution in [0.3, 0.4) is 0 Å². The molecule has 2 rings (SSSR count). The van der Waals surface area contributed by atoms with Crippen molar-refractivity contribution in [1.29, 1.82) is 0 Å². The standard InChI is InChI=1S/C11H16N2O5S2/c1-3-8-6-13(4-5-18-8)20(15,16)11-9(10(14)17-2)12-7-19-11/h7-8H,3-6H2,1-2H3. The molecule has 2 heterocycles. The Morgan fingerprint density at radius 2 is 2.40 bits per heavy atom. The molecule has 0 spiro atoms. The van der Waals surface area contributed by atoms with Crippen molar-refractivity contribution in [3.8, 4) is 0 Å². The number of nitrogens with zero attached hydrogens (tertiary/aromatic N) is 2. The summed E-state index contributed by atoms with van der Waals surface area (Å²) in [5.41, 5.74) is 1.17.